The third-order valence-corrected chi connectivity index (χ3v) is 3.74. The fourth-order valence-electron chi connectivity index (χ4n) is 2.35. The second-order valence-corrected chi connectivity index (χ2v) is 5.63. The molecule has 0 bridgehead atoms. The number of nitrogens with one attached hydrogen (secondary N) is 1. The van der Waals surface area contributed by atoms with Gasteiger partial charge in [0.1, 0.15) is 5.82 Å². The summed E-state index contributed by atoms with van der Waals surface area (Å²) in [6.07, 6.45) is 0. The lowest BCUT2D eigenvalue weighted by Crippen LogP contribution is -2.19. The molecule has 0 fully saturated rings. The van der Waals surface area contributed by atoms with Crippen LogP contribution in [0.15, 0.2) is 36.4 Å². The molecule has 0 saturated carbocycles. The summed E-state index contributed by atoms with van der Waals surface area (Å²) in [6, 6.07) is 11.3. The van der Waals surface area contributed by atoms with Crippen molar-refractivity contribution in [3.05, 3.63) is 69.5 Å². The maximum atomic E-state index is 13.7. The maximum Gasteiger partial charge on any atom is 0.129 e. The summed E-state index contributed by atoms with van der Waals surface area (Å²) in [5, 5.41) is 3.78. The molecule has 1 atom stereocenters. The molecule has 0 amide bonds. The average Bonchev–Trinajstić information content (AvgIpc) is 2.37. The quantitative estimate of drug-likeness (QED) is 0.841. The molecule has 106 valence electrons. The molecule has 0 heterocycles. The second-order valence-electron chi connectivity index (χ2n) is 5.20. The monoisotopic (exact) mass is 291 g/mol. The molecule has 0 aromatic heterocycles. The molecule has 0 aliphatic heterocycles. The van der Waals surface area contributed by atoms with Gasteiger partial charge < -0.3 is 5.32 Å². The Bertz CT molecular complexity index is 610. The Morgan fingerprint density at radius 1 is 1.15 bits per heavy atom. The van der Waals surface area contributed by atoms with Crippen molar-refractivity contribution in [3.8, 4) is 0 Å². The Balaban J connectivity index is 2.06. The molecule has 0 saturated heterocycles. The van der Waals surface area contributed by atoms with E-state index in [0.717, 1.165) is 0 Å². The minimum Gasteiger partial charge on any atom is -0.306 e. The molecule has 2 rings (SSSR count). The SMILES string of the molecule is Cc1ccc(C(C)NCc2ccc(Cl)cc2F)c(C)c1. The van der Waals surface area contributed by atoms with E-state index in [1.54, 1.807) is 12.1 Å². The lowest BCUT2D eigenvalue weighted by atomic mass is 10.00. The summed E-state index contributed by atoms with van der Waals surface area (Å²) in [5.74, 6) is -0.266. The molecule has 1 nitrogen and oxygen atoms in total. The van der Waals surface area contributed by atoms with Gasteiger partial charge in [0.05, 0.1) is 0 Å². The van der Waals surface area contributed by atoms with Gasteiger partial charge in [-0.15, -0.1) is 0 Å². The third kappa shape index (κ3) is 3.59. The van der Waals surface area contributed by atoms with Gasteiger partial charge in [-0.1, -0.05) is 41.4 Å². The van der Waals surface area contributed by atoms with Crippen molar-refractivity contribution in [3.63, 3.8) is 0 Å². The first-order valence-corrected chi connectivity index (χ1v) is 7.09. The van der Waals surface area contributed by atoms with Gasteiger partial charge in [0.2, 0.25) is 0 Å². The molecule has 2 aromatic carbocycles. The van der Waals surface area contributed by atoms with Gasteiger partial charge in [0.25, 0.3) is 0 Å². The van der Waals surface area contributed by atoms with Gasteiger partial charge in [-0.3, -0.25) is 0 Å². The van der Waals surface area contributed by atoms with E-state index in [1.165, 1.54) is 22.8 Å². The summed E-state index contributed by atoms with van der Waals surface area (Å²) in [4.78, 5) is 0. The van der Waals surface area contributed by atoms with Crippen molar-refractivity contribution in [2.75, 3.05) is 0 Å². The van der Waals surface area contributed by atoms with Gasteiger partial charge in [-0.25, -0.2) is 4.39 Å². The van der Waals surface area contributed by atoms with Crippen LogP contribution in [0.25, 0.3) is 0 Å². The first-order chi connectivity index (χ1) is 9.47. The number of rotatable bonds is 4. The molecule has 1 N–H and O–H groups in total. The van der Waals surface area contributed by atoms with E-state index in [2.05, 4.69) is 44.3 Å². The molecule has 0 radical (unpaired) electrons. The number of benzene rings is 2. The van der Waals surface area contributed by atoms with Crippen LogP contribution < -0.4 is 5.32 Å². The van der Waals surface area contributed by atoms with E-state index in [9.17, 15) is 4.39 Å². The third-order valence-electron chi connectivity index (χ3n) is 3.51. The fraction of sp³-hybridized carbons (Fsp3) is 0.294. The van der Waals surface area contributed by atoms with Crippen LogP contribution in [0.2, 0.25) is 5.02 Å². The van der Waals surface area contributed by atoms with Crippen LogP contribution in [0.3, 0.4) is 0 Å². The topological polar surface area (TPSA) is 12.0 Å². The highest BCUT2D eigenvalue weighted by Crippen LogP contribution is 2.20. The summed E-state index contributed by atoms with van der Waals surface area (Å²) >= 11 is 5.75. The highest BCUT2D eigenvalue weighted by Gasteiger charge is 2.09. The first-order valence-electron chi connectivity index (χ1n) is 6.72. The zero-order chi connectivity index (χ0) is 14.7. The van der Waals surface area contributed by atoms with Crippen LogP contribution in [-0.4, -0.2) is 0 Å². The number of aryl methyl sites for hydroxylation is 2. The predicted molar refractivity (Wildman–Crippen MR) is 82.6 cm³/mol. The molecule has 20 heavy (non-hydrogen) atoms. The zero-order valence-corrected chi connectivity index (χ0v) is 12.8. The van der Waals surface area contributed by atoms with E-state index in [0.29, 0.717) is 17.1 Å². The van der Waals surface area contributed by atoms with Crippen LogP contribution in [-0.2, 0) is 6.54 Å². The smallest absolute Gasteiger partial charge is 0.129 e. The van der Waals surface area contributed by atoms with Crippen molar-refractivity contribution in [1.29, 1.82) is 0 Å². The van der Waals surface area contributed by atoms with E-state index in [-0.39, 0.29) is 11.9 Å². The van der Waals surface area contributed by atoms with Gasteiger partial charge in [-0.2, -0.15) is 0 Å². The van der Waals surface area contributed by atoms with E-state index < -0.39 is 0 Å². The molecule has 1 unspecified atom stereocenters. The summed E-state index contributed by atoms with van der Waals surface area (Å²) in [5.41, 5.74) is 4.37. The molecular formula is C17H19ClFN. The van der Waals surface area contributed by atoms with Crippen LogP contribution in [0.4, 0.5) is 4.39 Å². The van der Waals surface area contributed by atoms with Crippen molar-refractivity contribution < 1.29 is 4.39 Å². The summed E-state index contributed by atoms with van der Waals surface area (Å²) in [7, 11) is 0. The molecule has 0 spiro atoms. The Hall–Kier alpha value is -1.38. The van der Waals surface area contributed by atoms with E-state index >= 15 is 0 Å². The van der Waals surface area contributed by atoms with Crippen LogP contribution in [0.1, 0.15) is 35.2 Å². The van der Waals surface area contributed by atoms with Crippen molar-refractivity contribution in [2.24, 2.45) is 0 Å². The highest BCUT2D eigenvalue weighted by atomic mass is 35.5. The van der Waals surface area contributed by atoms with Crippen molar-refractivity contribution in [1.82, 2.24) is 5.32 Å². The Morgan fingerprint density at radius 3 is 2.55 bits per heavy atom. The number of hydrogen-bond donors (Lipinski definition) is 1. The normalized spacial score (nSPS) is 12.4. The average molecular weight is 292 g/mol. The number of halogens is 2. The fourth-order valence-corrected chi connectivity index (χ4v) is 2.51. The number of hydrogen-bond acceptors (Lipinski definition) is 1. The van der Waals surface area contributed by atoms with E-state index in [4.69, 9.17) is 11.6 Å². The molecular weight excluding hydrogens is 273 g/mol. The van der Waals surface area contributed by atoms with Gasteiger partial charge in [-0.05, 0) is 44.0 Å². The predicted octanol–water partition coefficient (Wildman–Crippen LogP) is 4.95. The Morgan fingerprint density at radius 2 is 1.90 bits per heavy atom. The largest absolute Gasteiger partial charge is 0.306 e. The summed E-state index contributed by atoms with van der Waals surface area (Å²) < 4.78 is 13.7. The van der Waals surface area contributed by atoms with Crippen molar-refractivity contribution >= 4 is 11.6 Å². The Kier molecular flexibility index (Phi) is 4.79. The van der Waals surface area contributed by atoms with Crippen LogP contribution >= 0.6 is 11.6 Å². The minimum absolute atomic E-state index is 0.172. The maximum absolute atomic E-state index is 13.7. The Labute approximate surface area is 124 Å². The minimum atomic E-state index is -0.266. The molecule has 0 aliphatic carbocycles. The van der Waals surface area contributed by atoms with Crippen LogP contribution in [0, 0.1) is 19.7 Å². The molecule has 2 aromatic rings. The van der Waals surface area contributed by atoms with Gasteiger partial charge in [0, 0.05) is 23.2 Å². The first kappa shape index (κ1) is 15.0. The lowest BCUT2D eigenvalue weighted by molar-refractivity contribution is 0.543. The molecule has 0 aliphatic rings. The standard InChI is InChI=1S/C17H19ClFN/c1-11-4-7-16(12(2)8-11)13(3)20-10-14-5-6-15(18)9-17(14)19/h4-9,13,20H,10H2,1-3H3. The summed E-state index contributed by atoms with van der Waals surface area (Å²) in [6.45, 7) is 6.75. The molecule has 3 heteroatoms. The van der Waals surface area contributed by atoms with Crippen molar-refractivity contribution in [2.45, 2.75) is 33.4 Å². The van der Waals surface area contributed by atoms with E-state index in [1.807, 2.05) is 0 Å². The van der Waals surface area contributed by atoms with Crippen LogP contribution in [0.5, 0.6) is 0 Å². The van der Waals surface area contributed by atoms with Gasteiger partial charge >= 0.3 is 0 Å². The second kappa shape index (κ2) is 6.38. The highest BCUT2D eigenvalue weighted by molar-refractivity contribution is 6.30. The zero-order valence-electron chi connectivity index (χ0n) is 12.0. The lowest BCUT2D eigenvalue weighted by Gasteiger charge is -2.17. The van der Waals surface area contributed by atoms with Gasteiger partial charge in [0.15, 0.2) is 0 Å².